The van der Waals surface area contributed by atoms with Crippen LogP contribution in [0.1, 0.15) is 24.0 Å². The summed E-state index contributed by atoms with van der Waals surface area (Å²) in [5, 5.41) is 12.4. The van der Waals surface area contributed by atoms with Gasteiger partial charge < -0.3 is 15.3 Å². The molecule has 1 unspecified atom stereocenters. The van der Waals surface area contributed by atoms with Crippen molar-refractivity contribution < 1.29 is 9.90 Å². The maximum absolute atomic E-state index is 12.0. The fourth-order valence-corrected chi connectivity index (χ4v) is 2.16. The van der Waals surface area contributed by atoms with Gasteiger partial charge in [0.1, 0.15) is 0 Å². The topological polar surface area (TPSA) is 52.6 Å². The molecule has 0 radical (unpaired) electrons. The Kier molecular flexibility index (Phi) is 3.87. The van der Waals surface area contributed by atoms with Crippen molar-refractivity contribution >= 4 is 11.7 Å². The van der Waals surface area contributed by atoms with Gasteiger partial charge in [-0.25, -0.2) is 4.79 Å². The second kappa shape index (κ2) is 5.40. The van der Waals surface area contributed by atoms with E-state index in [0.29, 0.717) is 13.1 Å². The second-order valence-electron chi connectivity index (χ2n) is 4.97. The molecule has 0 aliphatic carbocycles. The van der Waals surface area contributed by atoms with Gasteiger partial charge in [0, 0.05) is 18.8 Å². The average Bonchev–Trinajstić information content (AvgIpc) is 2.34. The number of hydrogen-bond acceptors (Lipinski definition) is 2. The number of rotatable bonds is 1. The van der Waals surface area contributed by atoms with Crippen LogP contribution in [0, 0.1) is 13.8 Å². The van der Waals surface area contributed by atoms with Gasteiger partial charge in [0.25, 0.3) is 0 Å². The highest BCUT2D eigenvalue weighted by Gasteiger charge is 2.21. The molecule has 2 rings (SSSR count). The number of aryl methyl sites for hydroxylation is 2. The van der Waals surface area contributed by atoms with Gasteiger partial charge in [-0.05, 0) is 49.9 Å². The number of aliphatic hydroxyl groups excluding tert-OH is 1. The lowest BCUT2D eigenvalue weighted by atomic mass is 10.1. The second-order valence-corrected chi connectivity index (χ2v) is 4.97. The van der Waals surface area contributed by atoms with Crippen molar-refractivity contribution in [1.82, 2.24) is 4.90 Å². The lowest BCUT2D eigenvalue weighted by Gasteiger charge is -2.30. The molecule has 1 aromatic carbocycles. The SMILES string of the molecule is Cc1ccc(NC(=O)N2CCCC(O)C2)cc1C. The molecule has 1 aliphatic heterocycles. The molecule has 18 heavy (non-hydrogen) atoms. The minimum absolute atomic E-state index is 0.128. The minimum Gasteiger partial charge on any atom is -0.391 e. The first-order valence-corrected chi connectivity index (χ1v) is 6.37. The number of nitrogens with one attached hydrogen (secondary N) is 1. The van der Waals surface area contributed by atoms with E-state index < -0.39 is 0 Å². The molecule has 4 nitrogen and oxygen atoms in total. The summed E-state index contributed by atoms with van der Waals surface area (Å²) in [6, 6.07) is 5.74. The Morgan fingerprint density at radius 3 is 2.83 bits per heavy atom. The van der Waals surface area contributed by atoms with Crippen molar-refractivity contribution in [2.45, 2.75) is 32.8 Å². The van der Waals surface area contributed by atoms with E-state index in [0.717, 1.165) is 24.1 Å². The maximum Gasteiger partial charge on any atom is 0.321 e. The number of anilines is 1. The van der Waals surface area contributed by atoms with E-state index in [1.165, 1.54) is 5.56 Å². The van der Waals surface area contributed by atoms with Gasteiger partial charge in [-0.2, -0.15) is 0 Å². The quantitative estimate of drug-likeness (QED) is 0.801. The molecule has 1 atom stereocenters. The minimum atomic E-state index is -0.385. The zero-order valence-corrected chi connectivity index (χ0v) is 10.9. The number of aliphatic hydroxyl groups is 1. The smallest absolute Gasteiger partial charge is 0.321 e. The van der Waals surface area contributed by atoms with Gasteiger partial charge in [0.05, 0.1) is 6.10 Å². The normalized spacial score (nSPS) is 19.7. The van der Waals surface area contributed by atoms with Gasteiger partial charge in [-0.15, -0.1) is 0 Å². The molecule has 2 N–H and O–H groups in total. The van der Waals surface area contributed by atoms with Gasteiger partial charge in [-0.1, -0.05) is 6.07 Å². The number of benzene rings is 1. The van der Waals surface area contributed by atoms with E-state index in [9.17, 15) is 9.90 Å². The molecule has 1 saturated heterocycles. The largest absolute Gasteiger partial charge is 0.391 e. The van der Waals surface area contributed by atoms with Crippen molar-refractivity contribution in [3.05, 3.63) is 29.3 Å². The summed E-state index contributed by atoms with van der Waals surface area (Å²) in [5.41, 5.74) is 3.18. The van der Waals surface area contributed by atoms with Gasteiger partial charge in [0.15, 0.2) is 0 Å². The molecule has 0 spiro atoms. The van der Waals surface area contributed by atoms with E-state index in [4.69, 9.17) is 0 Å². The van der Waals surface area contributed by atoms with E-state index in [1.54, 1.807) is 4.90 Å². The van der Waals surface area contributed by atoms with Crippen molar-refractivity contribution in [3.63, 3.8) is 0 Å². The van der Waals surface area contributed by atoms with Crippen LogP contribution in [0.2, 0.25) is 0 Å². The summed E-state index contributed by atoms with van der Waals surface area (Å²) < 4.78 is 0. The van der Waals surface area contributed by atoms with Crippen LogP contribution in [0.25, 0.3) is 0 Å². The van der Waals surface area contributed by atoms with Gasteiger partial charge in [-0.3, -0.25) is 0 Å². The summed E-state index contributed by atoms with van der Waals surface area (Å²) in [4.78, 5) is 13.7. The molecule has 98 valence electrons. The molecule has 0 aromatic heterocycles. The highest BCUT2D eigenvalue weighted by molar-refractivity contribution is 5.89. The molecule has 1 aliphatic rings. The number of carbonyl (C=O) groups is 1. The number of nitrogens with zero attached hydrogens (tertiary/aromatic N) is 1. The predicted octanol–water partition coefficient (Wildman–Crippen LogP) is 2.29. The summed E-state index contributed by atoms with van der Waals surface area (Å²) >= 11 is 0. The lowest BCUT2D eigenvalue weighted by Crippen LogP contribution is -2.44. The van der Waals surface area contributed by atoms with Crippen LogP contribution in [-0.2, 0) is 0 Å². The van der Waals surface area contributed by atoms with Crippen molar-refractivity contribution in [1.29, 1.82) is 0 Å². The third-order valence-corrected chi connectivity index (χ3v) is 3.44. The van der Waals surface area contributed by atoms with Crippen LogP contribution in [0.5, 0.6) is 0 Å². The number of amides is 2. The summed E-state index contributed by atoms with van der Waals surface area (Å²) in [5.74, 6) is 0. The van der Waals surface area contributed by atoms with E-state index >= 15 is 0 Å². The Morgan fingerprint density at radius 2 is 2.17 bits per heavy atom. The zero-order chi connectivity index (χ0) is 13.1. The Hall–Kier alpha value is -1.55. The third-order valence-electron chi connectivity index (χ3n) is 3.44. The summed E-state index contributed by atoms with van der Waals surface area (Å²) in [6.07, 6.45) is 1.26. The molecule has 2 amide bonds. The maximum atomic E-state index is 12.0. The van der Waals surface area contributed by atoms with E-state index in [1.807, 2.05) is 32.0 Å². The molecule has 4 heteroatoms. The monoisotopic (exact) mass is 248 g/mol. The Bertz CT molecular complexity index is 445. The molecule has 1 heterocycles. The molecule has 0 saturated carbocycles. The Balaban J connectivity index is 2.00. The lowest BCUT2D eigenvalue weighted by molar-refractivity contribution is 0.0883. The first kappa shape index (κ1) is 12.9. The number of carbonyl (C=O) groups excluding carboxylic acids is 1. The molecular weight excluding hydrogens is 228 g/mol. The Morgan fingerprint density at radius 1 is 1.39 bits per heavy atom. The van der Waals surface area contributed by atoms with Crippen LogP contribution in [0.4, 0.5) is 10.5 Å². The van der Waals surface area contributed by atoms with Crippen LogP contribution < -0.4 is 5.32 Å². The van der Waals surface area contributed by atoms with Crippen molar-refractivity contribution in [2.75, 3.05) is 18.4 Å². The zero-order valence-electron chi connectivity index (χ0n) is 10.9. The summed E-state index contributed by atoms with van der Waals surface area (Å²) in [6.45, 7) is 5.21. The third kappa shape index (κ3) is 3.01. The van der Waals surface area contributed by atoms with Crippen LogP contribution in [0.3, 0.4) is 0 Å². The fraction of sp³-hybridized carbons (Fsp3) is 0.500. The highest BCUT2D eigenvalue weighted by Crippen LogP contribution is 2.16. The Labute approximate surface area is 108 Å². The van der Waals surface area contributed by atoms with Gasteiger partial charge >= 0.3 is 6.03 Å². The number of likely N-dealkylation sites (tertiary alicyclic amines) is 1. The van der Waals surface area contributed by atoms with Gasteiger partial charge in [0.2, 0.25) is 0 Å². The molecular formula is C14H20N2O2. The predicted molar refractivity (Wildman–Crippen MR) is 71.7 cm³/mol. The summed E-state index contributed by atoms with van der Waals surface area (Å²) in [7, 11) is 0. The number of β-amino-alcohol motifs (C(OH)–C–C–N with tert-alkyl or cyclic N) is 1. The first-order chi connectivity index (χ1) is 8.56. The number of hydrogen-bond donors (Lipinski definition) is 2. The molecule has 1 aromatic rings. The van der Waals surface area contributed by atoms with Crippen molar-refractivity contribution in [3.8, 4) is 0 Å². The van der Waals surface area contributed by atoms with Crippen LogP contribution in [0.15, 0.2) is 18.2 Å². The molecule has 0 bridgehead atoms. The van der Waals surface area contributed by atoms with E-state index in [-0.39, 0.29) is 12.1 Å². The highest BCUT2D eigenvalue weighted by atomic mass is 16.3. The van der Waals surface area contributed by atoms with E-state index in [2.05, 4.69) is 5.32 Å². The first-order valence-electron chi connectivity index (χ1n) is 6.37. The van der Waals surface area contributed by atoms with Crippen LogP contribution in [-0.4, -0.2) is 35.2 Å². The standard InChI is InChI=1S/C14H20N2O2/c1-10-5-6-12(8-11(10)2)15-14(18)16-7-3-4-13(17)9-16/h5-6,8,13,17H,3-4,7,9H2,1-2H3,(H,15,18). The number of urea groups is 1. The average molecular weight is 248 g/mol. The molecule has 1 fully saturated rings. The van der Waals surface area contributed by atoms with Crippen LogP contribution >= 0.6 is 0 Å². The van der Waals surface area contributed by atoms with Crippen molar-refractivity contribution in [2.24, 2.45) is 0 Å². The number of piperidine rings is 1. The fourth-order valence-electron chi connectivity index (χ4n) is 2.16.